The minimum Gasteiger partial charge on any atom is -0.490 e. The molecule has 0 fully saturated rings. The van der Waals surface area contributed by atoms with E-state index in [1.54, 1.807) is 0 Å². The fraction of sp³-hybridized carbons (Fsp3) is 0.529. The van der Waals surface area contributed by atoms with Gasteiger partial charge in [-0.1, -0.05) is 24.6 Å². The predicted octanol–water partition coefficient (Wildman–Crippen LogP) is 3.64. The normalized spacial score (nSPS) is 16.6. The van der Waals surface area contributed by atoms with Crippen LogP contribution in [0.2, 0.25) is 0 Å². The van der Waals surface area contributed by atoms with Crippen molar-refractivity contribution in [1.29, 1.82) is 0 Å². The van der Waals surface area contributed by atoms with Gasteiger partial charge in [0.25, 0.3) is 0 Å². The minimum atomic E-state index is 0.394. The fourth-order valence-corrected chi connectivity index (χ4v) is 2.18. The van der Waals surface area contributed by atoms with Crippen molar-refractivity contribution in [2.24, 2.45) is 0 Å². The summed E-state index contributed by atoms with van der Waals surface area (Å²) >= 11 is 0. The predicted molar refractivity (Wildman–Crippen MR) is 83.5 cm³/mol. The van der Waals surface area contributed by atoms with Gasteiger partial charge in [-0.15, -0.1) is 0 Å². The summed E-state index contributed by atoms with van der Waals surface area (Å²) in [5, 5.41) is 3.50. The molecule has 0 aliphatic carbocycles. The van der Waals surface area contributed by atoms with Crippen LogP contribution in [-0.4, -0.2) is 25.8 Å². The topological polar surface area (TPSA) is 30.5 Å². The Labute approximate surface area is 122 Å². The molecule has 2 rings (SSSR count). The highest BCUT2D eigenvalue weighted by Gasteiger charge is 2.10. The third-order valence-electron chi connectivity index (χ3n) is 3.55. The Bertz CT molecular complexity index is 468. The molecule has 0 saturated carbocycles. The molecule has 1 unspecified atom stereocenters. The molecular weight excluding hydrogens is 250 g/mol. The molecular formula is C17H25NO2. The molecule has 1 N–H and O–H groups in total. The van der Waals surface area contributed by atoms with Gasteiger partial charge in [-0.25, -0.2) is 0 Å². The van der Waals surface area contributed by atoms with Crippen molar-refractivity contribution >= 4 is 6.08 Å². The van der Waals surface area contributed by atoms with E-state index in [1.807, 2.05) is 6.07 Å². The first kappa shape index (κ1) is 14.9. The van der Waals surface area contributed by atoms with Crippen LogP contribution >= 0.6 is 0 Å². The number of hydrogen-bond acceptors (Lipinski definition) is 3. The maximum absolute atomic E-state index is 5.73. The molecule has 3 heteroatoms. The van der Waals surface area contributed by atoms with E-state index in [1.165, 1.54) is 5.57 Å². The number of rotatable bonds is 5. The maximum Gasteiger partial charge on any atom is 0.161 e. The van der Waals surface area contributed by atoms with Crippen LogP contribution in [0.3, 0.4) is 0 Å². The Hall–Kier alpha value is -1.48. The fourth-order valence-electron chi connectivity index (χ4n) is 2.18. The average Bonchev–Trinajstić information content (AvgIpc) is 2.69. The van der Waals surface area contributed by atoms with E-state index in [2.05, 4.69) is 44.3 Å². The molecule has 1 atom stereocenters. The summed E-state index contributed by atoms with van der Waals surface area (Å²) < 4.78 is 11.4. The molecule has 1 aromatic carbocycles. The zero-order valence-electron chi connectivity index (χ0n) is 12.7. The van der Waals surface area contributed by atoms with Gasteiger partial charge in [0.15, 0.2) is 11.5 Å². The first-order chi connectivity index (χ1) is 9.70. The van der Waals surface area contributed by atoms with Crippen molar-refractivity contribution in [2.45, 2.75) is 39.7 Å². The highest BCUT2D eigenvalue weighted by molar-refractivity contribution is 5.58. The summed E-state index contributed by atoms with van der Waals surface area (Å²) in [7, 11) is 0. The van der Waals surface area contributed by atoms with Gasteiger partial charge in [-0.2, -0.15) is 0 Å². The molecule has 0 saturated heterocycles. The molecule has 0 spiro atoms. The molecule has 1 aliphatic rings. The molecule has 0 radical (unpaired) electrons. The van der Waals surface area contributed by atoms with Gasteiger partial charge in [0.1, 0.15) is 0 Å². The van der Waals surface area contributed by atoms with Gasteiger partial charge in [-0.05, 0) is 44.5 Å². The Balaban J connectivity index is 2.10. The highest BCUT2D eigenvalue weighted by atomic mass is 16.5. The lowest BCUT2D eigenvalue weighted by molar-refractivity contribution is 0.297. The number of hydrogen-bond donors (Lipinski definition) is 1. The van der Waals surface area contributed by atoms with Gasteiger partial charge < -0.3 is 14.8 Å². The Kier molecular flexibility index (Phi) is 5.48. The number of benzene rings is 1. The third kappa shape index (κ3) is 4.01. The van der Waals surface area contributed by atoms with E-state index in [0.29, 0.717) is 6.04 Å². The van der Waals surface area contributed by atoms with E-state index >= 15 is 0 Å². The van der Waals surface area contributed by atoms with Crippen LogP contribution < -0.4 is 14.8 Å². The monoisotopic (exact) mass is 275 g/mol. The smallest absolute Gasteiger partial charge is 0.161 e. The standard InChI is InChI=1S/C17H25NO2/c1-4-8-18-14(3)13(2)11-15-6-7-16-17(12-15)20-10-5-9-19-16/h6-7,11-12,14,18H,4-5,8-10H2,1-3H3/b13-11+. The minimum absolute atomic E-state index is 0.394. The molecule has 1 heterocycles. The van der Waals surface area contributed by atoms with Crippen LogP contribution in [0.4, 0.5) is 0 Å². The molecule has 20 heavy (non-hydrogen) atoms. The largest absolute Gasteiger partial charge is 0.490 e. The molecule has 0 aromatic heterocycles. The van der Waals surface area contributed by atoms with E-state index in [0.717, 1.165) is 49.7 Å². The van der Waals surface area contributed by atoms with E-state index in [9.17, 15) is 0 Å². The van der Waals surface area contributed by atoms with Crippen molar-refractivity contribution in [1.82, 2.24) is 5.32 Å². The van der Waals surface area contributed by atoms with Crippen LogP contribution in [-0.2, 0) is 0 Å². The molecule has 0 bridgehead atoms. The summed E-state index contributed by atoms with van der Waals surface area (Å²) in [6.07, 6.45) is 4.31. The van der Waals surface area contributed by atoms with Crippen molar-refractivity contribution in [2.75, 3.05) is 19.8 Å². The summed E-state index contributed by atoms with van der Waals surface area (Å²) in [4.78, 5) is 0. The third-order valence-corrected chi connectivity index (χ3v) is 3.55. The highest BCUT2D eigenvalue weighted by Crippen LogP contribution is 2.31. The van der Waals surface area contributed by atoms with Crippen molar-refractivity contribution < 1.29 is 9.47 Å². The van der Waals surface area contributed by atoms with Gasteiger partial charge in [-0.3, -0.25) is 0 Å². The molecule has 1 aromatic rings. The van der Waals surface area contributed by atoms with E-state index < -0.39 is 0 Å². The zero-order chi connectivity index (χ0) is 14.4. The van der Waals surface area contributed by atoms with Crippen molar-refractivity contribution in [3.63, 3.8) is 0 Å². The van der Waals surface area contributed by atoms with Crippen LogP contribution in [0.1, 0.15) is 39.2 Å². The molecule has 1 aliphatic heterocycles. The number of fused-ring (bicyclic) bond motifs is 1. The van der Waals surface area contributed by atoms with Gasteiger partial charge in [0.05, 0.1) is 13.2 Å². The van der Waals surface area contributed by atoms with Crippen LogP contribution in [0.25, 0.3) is 6.08 Å². The maximum atomic E-state index is 5.73. The van der Waals surface area contributed by atoms with Gasteiger partial charge in [0, 0.05) is 12.5 Å². The zero-order valence-corrected chi connectivity index (χ0v) is 12.7. The van der Waals surface area contributed by atoms with Crippen LogP contribution in [0.5, 0.6) is 11.5 Å². The first-order valence-electron chi connectivity index (χ1n) is 7.52. The molecule has 3 nitrogen and oxygen atoms in total. The first-order valence-corrected chi connectivity index (χ1v) is 7.52. The number of nitrogens with one attached hydrogen (secondary N) is 1. The van der Waals surface area contributed by atoms with Gasteiger partial charge >= 0.3 is 0 Å². The summed E-state index contributed by atoms with van der Waals surface area (Å²) in [5.74, 6) is 1.72. The van der Waals surface area contributed by atoms with Crippen LogP contribution in [0.15, 0.2) is 23.8 Å². The Morgan fingerprint density at radius 1 is 1.30 bits per heavy atom. The quantitative estimate of drug-likeness (QED) is 0.890. The molecule has 110 valence electrons. The van der Waals surface area contributed by atoms with Crippen LogP contribution in [0, 0.1) is 0 Å². The lowest BCUT2D eigenvalue weighted by Crippen LogP contribution is -2.27. The second kappa shape index (κ2) is 7.34. The van der Waals surface area contributed by atoms with E-state index in [-0.39, 0.29) is 0 Å². The lowest BCUT2D eigenvalue weighted by Gasteiger charge is -2.14. The summed E-state index contributed by atoms with van der Waals surface area (Å²) in [5.41, 5.74) is 2.49. The summed E-state index contributed by atoms with van der Waals surface area (Å²) in [6.45, 7) is 9.06. The van der Waals surface area contributed by atoms with Crippen molar-refractivity contribution in [3.8, 4) is 11.5 Å². The SMILES string of the molecule is CCCNC(C)/C(C)=C/c1ccc2c(c1)OCCCO2. The lowest BCUT2D eigenvalue weighted by atomic mass is 10.1. The second-order valence-corrected chi connectivity index (χ2v) is 5.32. The Morgan fingerprint density at radius 3 is 2.80 bits per heavy atom. The summed E-state index contributed by atoms with van der Waals surface area (Å²) in [6, 6.07) is 6.55. The molecule has 0 amide bonds. The Morgan fingerprint density at radius 2 is 2.05 bits per heavy atom. The van der Waals surface area contributed by atoms with Crippen molar-refractivity contribution in [3.05, 3.63) is 29.3 Å². The number of ether oxygens (including phenoxy) is 2. The van der Waals surface area contributed by atoms with E-state index in [4.69, 9.17) is 9.47 Å². The average molecular weight is 275 g/mol. The second-order valence-electron chi connectivity index (χ2n) is 5.32. The van der Waals surface area contributed by atoms with Gasteiger partial charge in [0.2, 0.25) is 0 Å².